The highest BCUT2D eigenvalue weighted by Crippen LogP contribution is 2.29. The van der Waals surface area contributed by atoms with Crippen molar-refractivity contribution in [3.8, 4) is 5.75 Å². The van der Waals surface area contributed by atoms with Gasteiger partial charge in [-0.3, -0.25) is 9.52 Å². The van der Waals surface area contributed by atoms with Gasteiger partial charge in [-0.25, -0.2) is 8.42 Å². The van der Waals surface area contributed by atoms with Crippen LogP contribution in [0, 0.1) is 0 Å². The molecule has 2 N–H and O–H groups in total. The van der Waals surface area contributed by atoms with Gasteiger partial charge in [-0.1, -0.05) is 13.0 Å². The van der Waals surface area contributed by atoms with Gasteiger partial charge in [0, 0.05) is 12.1 Å². The maximum atomic E-state index is 12.6. The molecule has 0 saturated carbocycles. The van der Waals surface area contributed by atoms with Crippen molar-refractivity contribution in [3.05, 3.63) is 52.5 Å². The van der Waals surface area contributed by atoms with Gasteiger partial charge in [-0.15, -0.1) is 0 Å². The number of rotatable bonds is 8. The van der Waals surface area contributed by atoms with Gasteiger partial charge in [-0.2, -0.15) is 0 Å². The molecule has 0 heterocycles. The lowest BCUT2D eigenvalue weighted by Crippen LogP contribution is -2.24. The van der Waals surface area contributed by atoms with Gasteiger partial charge in [-0.05, 0) is 65.7 Å². The molecule has 0 aliphatic heterocycles. The summed E-state index contributed by atoms with van der Waals surface area (Å²) in [6.45, 7) is 4.86. The number of amides is 1. The standard InChI is InChI=1S/C18H21BrN2O4S/c1-3-10-20-18(22)13-6-5-7-15(11-13)26(23,24)21-14-8-9-17(25-4-2)16(19)12-14/h5-9,11-12,21H,3-4,10H2,1-2H3,(H,20,22). The quantitative estimate of drug-likeness (QED) is 0.653. The second-order valence-electron chi connectivity index (χ2n) is 5.47. The van der Waals surface area contributed by atoms with Gasteiger partial charge in [0.25, 0.3) is 15.9 Å². The molecule has 0 aliphatic carbocycles. The summed E-state index contributed by atoms with van der Waals surface area (Å²) in [5.74, 6) is 0.331. The highest BCUT2D eigenvalue weighted by molar-refractivity contribution is 9.10. The predicted molar refractivity (Wildman–Crippen MR) is 105 cm³/mol. The Morgan fingerprint density at radius 2 is 1.92 bits per heavy atom. The molecule has 0 radical (unpaired) electrons. The van der Waals surface area contributed by atoms with E-state index in [4.69, 9.17) is 4.74 Å². The van der Waals surface area contributed by atoms with Crippen molar-refractivity contribution in [2.24, 2.45) is 0 Å². The van der Waals surface area contributed by atoms with E-state index in [2.05, 4.69) is 26.0 Å². The molecule has 6 nitrogen and oxygen atoms in total. The molecule has 0 aromatic heterocycles. The number of hydrogen-bond donors (Lipinski definition) is 2. The molecule has 2 aromatic rings. The third-order valence-electron chi connectivity index (χ3n) is 3.43. The summed E-state index contributed by atoms with van der Waals surface area (Å²) in [6, 6.07) is 10.9. The van der Waals surface area contributed by atoms with E-state index in [0.717, 1.165) is 6.42 Å². The summed E-state index contributed by atoms with van der Waals surface area (Å²) in [5, 5.41) is 2.73. The normalized spacial score (nSPS) is 11.0. The lowest BCUT2D eigenvalue weighted by Gasteiger charge is -2.11. The van der Waals surface area contributed by atoms with Crippen molar-refractivity contribution in [3.63, 3.8) is 0 Å². The van der Waals surface area contributed by atoms with Gasteiger partial charge < -0.3 is 10.1 Å². The first-order valence-corrected chi connectivity index (χ1v) is 10.5. The fourth-order valence-corrected chi connectivity index (χ4v) is 3.78. The number of sulfonamides is 1. The second kappa shape index (κ2) is 9.05. The van der Waals surface area contributed by atoms with Gasteiger partial charge in [0.05, 0.1) is 21.7 Å². The minimum atomic E-state index is -3.82. The lowest BCUT2D eigenvalue weighted by atomic mass is 10.2. The molecule has 0 saturated heterocycles. The van der Waals surface area contributed by atoms with Crippen LogP contribution in [-0.4, -0.2) is 27.5 Å². The number of anilines is 1. The summed E-state index contributed by atoms with van der Waals surface area (Å²) < 4.78 is 33.8. The molecule has 0 spiro atoms. The van der Waals surface area contributed by atoms with Crippen molar-refractivity contribution in [1.82, 2.24) is 5.32 Å². The summed E-state index contributed by atoms with van der Waals surface area (Å²) in [6.07, 6.45) is 0.803. The third-order valence-corrected chi connectivity index (χ3v) is 5.42. The van der Waals surface area contributed by atoms with Gasteiger partial charge in [0.15, 0.2) is 0 Å². The number of benzene rings is 2. The average molecular weight is 441 g/mol. The topological polar surface area (TPSA) is 84.5 Å². The Morgan fingerprint density at radius 1 is 1.15 bits per heavy atom. The molecule has 2 aromatic carbocycles. The molecule has 8 heteroatoms. The molecule has 1 amide bonds. The average Bonchev–Trinajstić information content (AvgIpc) is 2.62. The number of carbonyl (C=O) groups is 1. The maximum Gasteiger partial charge on any atom is 0.261 e. The third kappa shape index (κ3) is 5.22. The first-order valence-electron chi connectivity index (χ1n) is 8.20. The minimum Gasteiger partial charge on any atom is -0.493 e. The van der Waals surface area contributed by atoms with E-state index in [1.807, 2.05) is 13.8 Å². The Labute approximate surface area is 162 Å². The summed E-state index contributed by atoms with van der Waals surface area (Å²) in [7, 11) is -3.82. The maximum absolute atomic E-state index is 12.6. The zero-order valence-corrected chi connectivity index (χ0v) is 17.0. The largest absolute Gasteiger partial charge is 0.493 e. The monoisotopic (exact) mass is 440 g/mol. The molecule has 0 atom stereocenters. The smallest absolute Gasteiger partial charge is 0.261 e. The van der Waals surface area contributed by atoms with Crippen molar-refractivity contribution in [2.75, 3.05) is 17.9 Å². The summed E-state index contributed by atoms with van der Waals surface area (Å²) in [4.78, 5) is 12.1. The summed E-state index contributed by atoms with van der Waals surface area (Å²) >= 11 is 3.35. The van der Waals surface area contributed by atoms with Gasteiger partial charge in [0.1, 0.15) is 5.75 Å². The van der Waals surface area contributed by atoms with Crippen LogP contribution in [0.4, 0.5) is 5.69 Å². The fourth-order valence-electron chi connectivity index (χ4n) is 2.20. The molecular weight excluding hydrogens is 420 g/mol. The van der Waals surface area contributed by atoms with Crippen molar-refractivity contribution < 1.29 is 17.9 Å². The second-order valence-corrected chi connectivity index (χ2v) is 8.00. The lowest BCUT2D eigenvalue weighted by molar-refractivity contribution is 0.0953. The number of ether oxygens (including phenoxy) is 1. The zero-order valence-electron chi connectivity index (χ0n) is 14.6. The van der Waals surface area contributed by atoms with Crippen LogP contribution in [0.1, 0.15) is 30.6 Å². The Morgan fingerprint density at radius 3 is 2.58 bits per heavy atom. The first-order chi connectivity index (χ1) is 12.4. The Balaban J connectivity index is 2.22. The van der Waals surface area contributed by atoms with Crippen LogP contribution in [0.15, 0.2) is 51.8 Å². The number of halogens is 1. The van der Waals surface area contributed by atoms with Crippen LogP contribution in [0.2, 0.25) is 0 Å². The van der Waals surface area contributed by atoms with E-state index in [9.17, 15) is 13.2 Å². The molecule has 26 heavy (non-hydrogen) atoms. The van der Waals surface area contributed by atoms with Crippen LogP contribution in [0.3, 0.4) is 0 Å². The van der Waals surface area contributed by atoms with Crippen molar-refractivity contribution in [2.45, 2.75) is 25.2 Å². The van der Waals surface area contributed by atoms with Gasteiger partial charge >= 0.3 is 0 Å². The van der Waals surface area contributed by atoms with Crippen molar-refractivity contribution >= 4 is 37.5 Å². The van der Waals surface area contributed by atoms with E-state index < -0.39 is 10.0 Å². The predicted octanol–water partition coefficient (Wildman–Crippen LogP) is 3.79. The molecule has 2 rings (SSSR count). The fraction of sp³-hybridized carbons (Fsp3) is 0.278. The number of carbonyl (C=O) groups excluding carboxylic acids is 1. The van der Waals surface area contributed by atoms with Gasteiger partial charge in [0.2, 0.25) is 0 Å². The zero-order chi connectivity index (χ0) is 19.2. The van der Waals surface area contributed by atoms with Crippen LogP contribution in [-0.2, 0) is 10.0 Å². The van der Waals surface area contributed by atoms with Crippen LogP contribution in [0.5, 0.6) is 5.75 Å². The molecule has 0 fully saturated rings. The molecule has 0 unspecified atom stereocenters. The van der Waals surface area contributed by atoms with Crippen molar-refractivity contribution in [1.29, 1.82) is 0 Å². The Kier molecular flexibility index (Phi) is 7.05. The van der Waals surface area contributed by atoms with E-state index >= 15 is 0 Å². The highest BCUT2D eigenvalue weighted by atomic mass is 79.9. The Bertz CT molecular complexity index is 885. The van der Waals surface area contributed by atoms with Crippen LogP contribution < -0.4 is 14.8 Å². The molecule has 0 aliphatic rings. The summed E-state index contributed by atoms with van der Waals surface area (Å²) in [5.41, 5.74) is 0.690. The molecule has 140 valence electrons. The molecular formula is C18H21BrN2O4S. The van der Waals surface area contributed by atoms with Crippen LogP contribution in [0.25, 0.3) is 0 Å². The van der Waals surface area contributed by atoms with E-state index in [0.29, 0.717) is 34.6 Å². The number of nitrogens with one attached hydrogen (secondary N) is 2. The van der Waals surface area contributed by atoms with E-state index in [1.165, 1.54) is 12.1 Å². The Hall–Kier alpha value is -2.06. The van der Waals surface area contributed by atoms with E-state index in [1.54, 1.807) is 30.3 Å². The molecule has 0 bridgehead atoms. The van der Waals surface area contributed by atoms with Crippen LogP contribution >= 0.6 is 15.9 Å². The number of hydrogen-bond acceptors (Lipinski definition) is 4. The first kappa shape index (κ1) is 20.3. The van der Waals surface area contributed by atoms with E-state index in [-0.39, 0.29) is 10.8 Å². The SMILES string of the molecule is CCCNC(=O)c1cccc(S(=O)(=O)Nc2ccc(OCC)c(Br)c2)c1. The minimum absolute atomic E-state index is 0.0201. The highest BCUT2D eigenvalue weighted by Gasteiger charge is 2.17.